The van der Waals surface area contributed by atoms with Crippen LogP contribution in [0.4, 0.5) is 23.1 Å². The fourth-order valence-electron chi connectivity index (χ4n) is 6.49. The highest BCUT2D eigenvalue weighted by Gasteiger charge is 2.29. The zero-order chi connectivity index (χ0) is 34.0. The molecule has 4 aromatic rings. The second-order valence-electron chi connectivity index (χ2n) is 12.9. The van der Waals surface area contributed by atoms with E-state index in [1.165, 1.54) is 0 Å². The molecule has 1 amide bonds. The largest absolute Gasteiger partial charge is 0.492 e. The molecule has 2 saturated heterocycles. The summed E-state index contributed by atoms with van der Waals surface area (Å²) in [5, 5.41) is 5.98. The van der Waals surface area contributed by atoms with Crippen LogP contribution in [0.5, 0.6) is 5.75 Å². The van der Waals surface area contributed by atoms with Gasteiger partial charge >= 0.3 is 0 Å². The van der Waals surface area contributed by atoms with Crippen molar-refractivity contribution in [2.24, 2.45) is 7.05 Å². The first-order valence-electron chi connectivity index (χ1n) is 16.7. The third-order valence-corrected chi connectivity index (χ3v) is 11.6. The van der Waals surface area contributed by atoms with Gasteiger partial charge in [0.15, 0.2) is 15.7 Å². The number of anilines is 4. The fraction of sp³-hybridized carbons (Fsp3) is 0.457. The number of carbonyl (C=O) groups excluding carboxylic acids is 1. The average Bonchev–Trinajstić information content (AvgIpc) is 3.46. The molecule has 4 heterocycles. The first kappa shape index (κ1) is 33.7. The number of benzene rings is 2. The van der Waals surface area contributed by atoms with Gasteiger partial charge in [0.05, 0.1) is 33.6 Å². The Morgan fingerprint density at radius 3 is 2.38 bits per heavy atom. The molecule has 0 saturated carbocycles. The molecule has 2 N–H and O–H groups in total. The lowest BCUT2D eigenvalue weighted by atomic mass is 10.0. The predicted octanol–water partition coefficient (Wildman–Crippen LogP) is 4.89. The number of aryl methyl sites for hydroxylation is 1. The van der Waals surface area contributed by atoms with Gasteiger partial charge in [-0.15, -0.1) is 0 Å². The number of piperazine rings is 1. The highest BCUT2D eigenvalue weighted by atomic mass is 32.2. The van der Waals surface area contributed by atoms with Crippen molar-refractivity contribution in [2.75, 3.05) is 63.6 Å². The zero-order valence-corrected chi connectivity index (χ0v) is 29.3. The molecule has 13 heteroatoms. The molecule has 48 heavy (non-hydrogen) atoms. The van der Waals surface area contributed by atoms with Crippen molar-refractivity contribution in [3.63, 3.8) is 0 Å². The Balaban J connectivity index is 1.23. The van der Waals surface area contributed by atoms with Gasteiger partial charge in [0.25, 0.3) is 5.91 Å². The first-order chi connectivity index (χ1) is 23.0. The summed E-state index contributed by atoms with van der Waals surface area (Å²) in [6.07, 6.45) is 3.85. The van der Waals surface area contributed by atoms with Crippen molar-refractivity contribution in [1.82, 2.24) is 29.2 Å². The van der Waals surface area contributed by atoms with E-state index in [0.29, 0.717) is 52.6 Å². The molecule has 2 aliphatic heterocycles. The molecule has 2 aliphatic rings. The molecular formula is C35H46N8O4S. The maximum absolute atomic E-state index is 13.6. The van der Waals surface area contributed by atoms with Crippen LogP contribution in [0.15, 0.2) is 59.6 Å². The minimum atomic E-state index is -3.56. The van der Waals surface area contributed by atoms with Gasteiger partial charge in [-0.1, -0.05) is 12.1 Å². The summed E-state index contributed by atoms with van der Waals surface area (Å²) in [6, 6.07) is 14.7. The lowest BCUT2D eigenvalue weighted by Gasteiger charge is -2.42. The smallest absolute Gasteiger partial charge is 0.253 e. The van der Waals surface area contributed by atoms with Crippen molar-refractivity contribution in [2.45, 2.75) is 49.8 Å². The minimum Gasteiger partial charge on any atom is -0.492 e. The maximum atomic E-state index is 13.6. The van der Waals surface area contributed by atoms with Crippen LogP contribution in [0.1, 0.15) is 44.0 Å². The number of sulfone groups is 1. The molecule has 0 bridgehead atoms. The Kier molecular flexibility index (Phi) is 9.90. The first-order valence-corrected chi connectivity index (χ1v) is 18.3. The van der Waals surface area contributed by atoms with Gasteiger partial charge < -0.3 is 29.7 Å². The Morgan fingerprint density at radius 1 is 0.938 bits per heavy atom. The van der Waals surface area contributed by atoms with Gasteiger partial charge in [-0.3, -0.25) is 9.69 Å². The number of hydrogen-bond acceptors (Lipinski definition) is 10. The minimum absolute atomic E-state index is 0.00258. The molecule has 0 radical (unpaired) electrons. The van der Waals surface area contributed by atoms with E-state index >= 15 is 0 Å². The molecule has 0 spiro atoms. The number of hydrogen-bond donors (Lipinski definition) is 2. The highest BCUT2D eigenvalue weighted by molar-refractivity contribution is 7.92. The third-order valence-electron chi connectivity index (χ3n) is 9.37. The van der Waals surface area contributed by atoms with Crippen molar-refractivity contribution in [1.29, 1.82) is 0 Å². The second kappa shape index (κ2) is 14.1. The standard InChI is InChI=1S/C35H46N8O4S/c1-6-47-30-23-25(34(44)43-17-13-26(14-18-43)42-21-19-40(4)20-22-42)11-12-27(30)37-35-38-29-15-16-41(5)32(29)33(39-35)36-28-9-7-8-10-31(28)48(45,46)24(2)3/h7-12,15-16,23-24,26H,6,13-14,17-22H2,1-5H3,(H2,36,37,38,39). The number of para-hydroxylation sites is 1. The number of likely N-dealkylation sites (N-methyl/N-ethyl adjacent to an activating group) is 1. The molecule has 0 atom stereocenters. The van der Waals surface area contributed by atoms with Crippen molar-refractivity contribution >= 4 is 49.9 Å². The highest BCUT2D eigenvalue weighted by Crippen LogP contribution is 2.34. The number of carbonyl (C=O) groups is 1. The topological polar surface area (TPSA) is 125 Å². The van der Waals surface area contributed by atoms with Gasteiger partial charge in [-0.05, 0) is 77.1 Å². The number of piperidine rings is 1. The van der Waals surface area contributed by atoms with E-state index in [-0.39, 0.29) is 10.8 Å². The fourth-order valence-corrected chi connectivity index (χ4v) is 7.70. The van der Waals surface area contributed by atoms with Crippen molar-refractivity contribution < 1.29 is 17.9 Å². The van der Waals surface area contributed by atoms with Gasteiger partial charge in [0.1, 0.15) is 11.3 Å². The number of aromatic nitrogens is 3. The summed E-state index contributed by atoms with van der Waals surface area (Å²) < 4.78 is 34.2. The van der Waals surface area contributed by atoms with Crippen LogP contribution in [0.25, 0.3) is 11.0 Å². The van der Waals surface area contributed by atoms with Crippen molar-refractivity contribution in [3.05, 3.63) is 60.3 Å². The molecule has 12 nitrogen and oxygen atoms in total. The second-order valence-corrected chi connectivity index (χ2v) is 15.4. The van der Waals surface area contributed by atoms with Gasteiger partial charge in [-0.25, -0.2) is 13.4 Å². The van der Waals surface area contributed by atoms with Crippen LogP contribution in [0.3, 0.4) is 0 Å². The SMILES string of the molecule is CCOc1cc(C(=O)N2CCC(N3CCN(C)CC3)CC2)ccc1Nc1nc(Nc2ccccc2S(=O)(=O)C(C)C)c2c(ccn2C)n1. The van der Waals surface area contributed by atoms with Crippen LogP contribution in [-0.4, -0.2) is 108 Å². The Labute approximate surface area is 283 Å². The van der Waals surface area contributed by atoms with Gasteiger partial charge in [0.2, 0.25) is 5.95 Å². The quantitative estimate of drug-likeness (QED) is 0.240. The van der Waals surface area contributed by atoms with Gasteiger partial charge in [-0.2, -0.15) is 4.98 Å². The van der Waals surface area contributed by atoms with E-state index in [4.69, 9.17) is 14.7 Å². The normalized spacial score (nSPS) is 16.8. The van der Waals surface area contributed by atoms with Crippen LogP contribution in [-0.2, 0) is 16.9 Å². The van der Waals surface area contributed by atoms with Crippen LogP contribution >= 0.6 is 0 Å². The van der Waals surface area contributed by atoms with Crippen LogP contribution in [0.2, 0.25) is 0 Å². The van der Waals surface area contributed by atoms with Crippen LogP contribution < -0.4 is 15.4 Å². The summed E-state index contributed by atoms with van der Waals surface area (Å²) in [7, 11) is 0.501. The van der Waals surface area contributed by atoms with E-state index in [1.54, 1.807) is 44.2 Å². The molecule has 256 valence electrons. The molecule has 0 aliphatic carbocycles. The lowest BCUT2D eigenvalue weighted by Crippen LogP contribution is -2.52. The number of nitrogens with zero attached hydrogens (tertiary/aromatic N) is 6. The van der Waals surface area contributed by atoms with E-state index in [0.717, 1.165) is 57.6 Å². The third kappa shape index (κ3) is 6.99. The Hall–Kier alpha value is -4.20. The molecule has 2 aromatic heterocycles. The van der Waals surface area contributed by atoms with Crippen LogP contribution in [0, 0.1) is 0 Å². The number of ether oxygens (including phenoxy) is 1. The summed E-state index contributed by atoms with van der Waals surface area (Å²) in [5.41, 5.74) is 3.02. The van der Waals surface area contributed by atoms with Crippen molar-refractivity contribution in [3.8, 4) is 5.75 Å². The van der Waals surface area contributed by atoms with Gasteiger partial charge in [0, 0.05) is 64.1 Å². The monoisotopic (exact) mass is 674 g/mol. The predicted molar refractivity (Wildman–Crippen MR) is 189 cm³/mol. The Bertz CT molecular complexity index is 1880. The summed E-state index contributed by atoms with van der Waals surface area (Å²) in [4.78, 5) is 30.2. The number of amides is 1. The number of rotatable bonds is 10. The zero-order valence-electron chi connectivity index (χ0n) is 28.4. The number of likely N-dealkylation sites (tertiary alicyclic amines) is 1. The summed E-state index contributed by atoms with van der Waals surface area (Å²) in [5.74, 6) is 1.27. The van der Waals surface area contributed by atoms with E-state index < -0.39 is 15.1 Å². The average molecular weight is 675 g/mol. The van der Waals surface area contributed by atoms with E-state index in [2.05, 4.69) is 27.5 Å². The summed E-state index contributed by atoms with van der Waals surface area (Å²) >= 11 is 0. The van der Waals surface area contributed by atoms with E-state index in [1.807, 2.05) is 47.8 Å². The number of nitrogens with one attached hydrogen (secondary N) is 2. The Morgan fingerprint density at radius 2 is 1.67 bits per heavy atom. The molecular weight excluding hydrogens is 629 g/mol. The summed E-state index contributed by atoms with van der Waals surface area (Å²) in [6.45, 7) is 11.5. The molecule has 6 rings (SSSR count). The lowest BCUT2D eigenvalue weighted by molar-refractivity contribution is 0.0518. The number of fused-ring (bicyclic) bond motifs is 1. The van der Waals surface area contributed by atoms with E-state index in [9.17, 15) is 13.2 Å². The molecule has 2 fully saturated rings. The molecule has 2 aromatic carbocycles. The molecule has 0 unspecified atom stereocenters. The maximum Gasteiger partial charge on any atom is 0.253 e.